The van der Waals surface area contributed by atoms with Crippen LogP contribution in [0.2, 0.25) is 0 Å². The van der Waals surface area contributed by atoms with Gasteiger partial charge in [0.15, 0.2) is 5.96 Å². The summed E-state index contributed by atoms with van der Waals surface area (Å²) in [5.41, 5.74) is 7.38. The molecule has 0 amide bonds. The molecule has 0 aromatic heterocycles. The summed E-state index contributed by atoms with van der Waals surface area (Å²) in [6.07, 6.45) is 0. The second-order valence-electron chi connectivity index (χ2n) is 5.66. The minimum atomic E-state index is -3.37. The van der Waals surface area contributed by atoms with Crippen molar-refractivity contribution in [3.63, 3.8) is 0 Å². The van der Waals surface area contributed by atoms with E-state index in [1.165, 1.54) is 4.31 Å². The van der Waals surface area contributed by atoms with E-state index >= 15 is 0 Å². The topological polar surface area (TPSA) is 106 Å². The first-order valence-corrected chi connectivity index (χ1v) is 9.79. The number of hydrogen-bond donors (Lipinski definition) is 2. The number of methoxy groups -OCH3 is 1. The third kappa shape index (κ3) is 7.35. The van der Waals surface area contributed by atoms with Crippen LogP contribution in [0.3, 0.4) is 0 Å². The van der Waals surface area contributed by atoms with Crippen LogP contribution >= 0.6 is 24.0 Å². The van der Waals surface area contributed by atoms with Gasteiger partial charge in [-0.25, -0.2) is 13.4 Å². The maximum Gasteiger partial charge on any atom is 0.218 e. The number of sulfonamides is 1. The molecule has 0 bridgehead atoms. The van der Waals surface area contributed by atoms with Gasteiger partial charge in [-0.1, -0.05) is 24.3 Å². The summed E-state index contributed by atoms with van der Waals surface area (Å²) in [6.45, 7) is 3.10. The van der Waals surface area contributed by atoms with E-state index < -0.39 is 10.0 Å². The molecule has 26 heavy (non-hydrogen) atoms. The van der Waals surface area contributed by atoms with Gasteiger partial charge in [0.05, 0.1) is 32.1 Å². The number of guanidine groups is 1. The predicted octanol–water partition coefficient (Wildman–Crippen LogP) is 0.517. The van der Waals surface area contributed by atoms with E-state index in [0.29, 0.717) is 52.0 Å². The number of ether oxygens (including phenoxy) is 2. The van der Waals surface area contributed by atoms with Crippen molar-refractivity contribution in [1.82, 2.24) is 9.62 Å². The van der Waals surface area contributed by atoms with Crippen molar-refractivity contribution in [2.45, 2.75) is 12.3 Å². The summed E-state index contributed by atoms with van der Waals surface area (Å²) in [4.78, 5) is 4.27. The Morgan fingerprint density at radius 1 is 1.31 bits per heavy atom. The average Bonchev–Trinajstić information content (AvgIpc) is 2.62. The molecule has 0 radical (unpaired) electrons. The molecule has 1 saturated heterocycles. The molecule has 0 saturated carbocycles. The molecule has 10 heteroatoms. The number of halogens is 1. The zero-order valence-electron chi connectivity index (χ0n) is 14.9. The van der Waals surface area contributed by atoms with E-state index in [2.05, 4.69) is 10.3 Å². The third-order valence-electron chi connectivity index (χ3n) is 3.85. The lowest BCUT2D eigenvalue weighted by atomic mass is 10.1. The van der Waals surface area contributed by atoms with Gasteiger partial charge < -0.3 is 20.5 Å². The Hall–Kier alpha value is -0.950. The molecule has 0 atom stereocenters. The van der Waals surface area contributed by atoms with E-state index in [0.717, 1.165) is 11.1 Å². The average molecular weight is 498 g/mol. The van der Waals surface area contributed by atoms with Crippen molar-refractivity contribution in [3.8, 4) is 0 Å². The highest BCUT2D eigenvalue weighted by Gasteiger charge is 2.25. The molecule has 1 aromatic carbocycles. The molecule has 1 aliphatic heterocycles. The first-order chi connectivity index (χ1) is 12.0. The number of nitrogens with two attached hydrogens (primary N) is 1. The Kier molecular flexibility index (Phi) is 10.4. The van der Waals surface area contributed by atoms with Crippen LogP contribution in [0.1, 0.15) is 11.1 Å². The molecule has 0 unspecified atom stereocenters. The quantitative estimate of drug-likeness (QED) is 0.234. The number of hydrogen-bond acceptors (Lipinski definition) is 5. The molecule has 1 fully saturated rings. The highest BCUT2D eigenvalue weighted by molar-refractivity contribution is 14.0. The van der Waals surface area contributed by atoms with Crippen molar-refractivity contribution >= 4 is 40.0 Å². The predicted molar refractivity (Wildman–Crippen MR) is 112 cm³/mol. The van der Waals surface area contributed by atoms with E-state index in [1.807, 2.05) is 24.3 Å². The van der Waals surface area contributed by atoms with Gasteiger partial charge in [0.1, 0.15) is 0 Å². The van der Waals surface area contributed by atoms with Gasteiger partial charge in [-0.05, 0) is 11.1 Å². The van der Waals surface area contributed by atoms with Gasteiger partial charge in [0.25, 0.3) is 0 Å². The molecular weight excluding hydrogens is 471 g/mol. The number of rotatable bonds is 8. The van der Waals surface area contributed by atoms with E-state index in [-0.39, 0.29) is 29.7 Å². The summed E-state index contributed by atoms with van der Waals surface area (Å²) >= 11 is 0. The summed E-state index contributed by atoms with van der Waals surface area (Å²) in [5.74, 6) is 0.262. The molecule has 148 valence electrons. The third-order valence-corrected chi connectivity index (χ3v) is 5.68. The van der Waals surface area contributed by atoms with Crippen LogP contribution in [0.15, 0.2) is 29.3 Å². The number of morpholine rings is 1. The Bertz CT molecular complexity index is 679. The van der Waals surface area contributed by atoms with E-state index in [1.54, 1.807) is 7.11 Å². The lowest BCUT2D eigenvalue weighted by Gasteiger charge is -2.26. The van der Waals surface area contributed by atoms with Crippen molar-refractivity contribution in [2.75, 3.05) is 46.6 Å². The number of nitrogens with one attached hydrogen (secondary N) is 1. The largest absolute Gasteiger partial charge is 0.383 e. The zero-order chi connectivity index (χ0) is 18.1. The first kappa shape index (κ1) is 23.1. The summed E-state index contributed by atoms with van der Waals surface area (Å²) in [6, 6.07) is 7.38. The van der Waals surface area contributed by atoms with Crippen LogP contribution in [0.25, 0.3) is 0 Å². The van der Waals surface area contributed by atoms with Crippen molar-refractivity contribution in [2.24, 2.45) is 10.7 Å². The van der Waals surface area contributed by atoms with Crippen LogP contribution < -0.4 is 11.1 Å². The van der Waals surface area contributed by atoms with Gasteiger partial charge in [-0.15, -0.1) is 24.0 Å². The number of nitrogens with zero attached hydrogens (tertiary/aromatic N) is 2. The Morgan fingerprint density at radius 3 is 2.62 bits per heavy atom. The molecule has 1 aliphatic rings. The van der Waals surface area contributed by atoms with Gasteiger partial charge in [-0.2, -0.15) is 4.31 Å². The summed E-state index contributed by atoms with van der Waals surface area (Å²) < 4.78 is 36.8. The zero-order valence-corrected chi connectivity index (χ0v) is 18.0. The molecule has 1 aromatic rings. The second-order valence-corrected chi connectivity index (χ2v) is 7.63. The van der Waals surface area contributed by atoms with Crippen LogP contribution in [0.5, 0.6) is 0 Å². The maximum absolute atomic E-state index is 12.6. The highest BCUT2D eigenvalue weighted by Crippen LogP contribution is 2.17. The van der Waals surface area contributed by atoms with Crippen molar-refractivity contribution in [3.05, 3.63) is 35.4 Å². The lowest BCUT2D eigenvalue weighted by Crippen LogP contribution is -2.41. The summed E-state index contributed by atoms with van der Waals surface area (Å²) in [5, 5.41) is 2.94. The fourth-order valence-corrected chi connectivity index (χ4v) is 4.04. The van der Waals surface area contributed by atoms with E-state index in [9.17, 15) is 8.42 Å². The van der Waals surface area contributed by atoms with Gasteiger partial charge in [-0.3, -0.25) is 0 Å². The SMILES string of the molecule is COCCNC(N)=NCc1ccccc1CS(=O)(=O)N1CCOCC1.I. The number of benzene rings is 1. The Balaban J connectivity index is 0.00000338. The normalized spacial score (nSPS) is 16.1. The van der Waals surface area contributed by atoms with Crippen LogP contribution in [0.4, 0.5) is 0 Å². The molecule has 3 N–H and O–H groups in total. The fourth-order valence-electron chi connectivity index (χ4n) is 2.47. The highest BCUT2D eigenvalue weighted by atomic mass is 127. The summed E-state index contributed by atoms with van der Waals surface area (Å²) in [7, 11) is -1.76. The smallest absolute Gasteiger partial charge is 0.218 e. The van der Waals surface area contributed by atoms with Crippen LogP contribution in [-0.4, -0.2) is 65.2 Å². The minimum absolute atomic E-state index is 0. The molecular formula is C16H27IN4O4S. The van der Waals surface area contributed by atoms with Crippen LogP contribution in [-0.2, 0) is 31.8 Å². The molecule has 1 heterocycles. The van der Waals surface area contributed by atoms with Crippen molar-refractivity contribution in [1.29, 1.82) is 0 Å². The van der Waals surface area contributed by atoms with E-state index in [4.69, 9.17) is 15.2 Å². The molecule has 8 nitrogen and oxygen atoms in total. The van der Waals surface area contributed by atoms with Crippen LogP contribution in [0, 0.1) is 0 Å². The number of aliphatic imine (C=N–C) groups is 1. The molecule has 0 spiro atoms. The maximum atomic E-state index is 12.6. The van der Waals surface area contributed by atoms with Gasteiger partial charge in [0, 0.05) is 26.7 Å². The molecule has 0 aliphatic carbocycles. The second kappa shape index (κ2) is 11.7. The lowest BCUT2D eigenvalue weighted by molar-refractivity contribution is 0.0729. The Morgan fingerprint density at radius 2 is 1.96 bits per heavy atom. The Labute approximate surface area is 172 Å². The monoisotopic (exact) mass is 498 g/mol. The standard InChI is InChI=1S/C16H26N4O4S.HI/c1-23-9-6-18-16(17)19-12-14-4-2-3-5-15(14)13-25(21,22)20-7-10-24-11-8-20;/h2-5H,6-13H2,1H3,(H3,17,18,19);1H. The van der Waals surface area contributed by atoms with Gasteiger partial charge >= 0.3 is 0 Å². The van der Waals surface area contributed by atoms with Crippen molar-refractivity contribution < 1.29 is 17.9 Å². The van der Waals surface area contributed by atoms with Gasteiger partial charge in [0.2, 0.25) is 10.0 Å². The minimum Gasteiger partial charge on any atom is -0.383 e. The fraction of sp³-hybridized carbons (Fsp3) is 0.562. The molecule has 2 rings (SSSR count). The first-order valence-electron chi connectivity index (χ1n) is 8.18.